The van der Waals surface area contributed by atoms with Gasteiger partial charge in [0.2, 0.25) is 0 Å². The molecule has 24 heavy (non-hydrogen) atoms. The second kappa shape index (κ2) is 5.96. The van der Waals surface area contributed by atoms with E-state index >= 15 is 0 Å². The van der Waals surface area contributed by atoms with Gasteiger partial charge in [-0.05, 0) is 42.5 Å². The number of anilines is 2. The van der Waals surface area contributed by atoms with Crippen LogP contribution in [-0.2, 0) is 8.37 Å². The van der Waals surface area contributed by atoms with Crippen LogP contribution in [0.4, 0.5) is 11.4 Å². The lowest BCUT2D eigenvalue weighted by Crippen LogP contribution is -2.48. The first kappa shape index (κ1) is 14.6. The lowest BCUT2D eigenvalue weighted by atomic mass is 9.88. The van der Waals surface area contributed by atoms with Crippen molar-refractivity contribution in [2.24, 2.45) is 0 Å². The van der Waals surface area contributed by atoms with Crippen molar-refractivity contribution in [2.45, 2.75) is 37.5 Å². The fourth-order valence-corrected chi connectivity index (χ4v) is 4.79. The molecule has 0 unspecified atom stereocenters. The normalized spacial score (nSPS) is 28.0. The van der Waals surface area contributed by atoms with Crippen molar-refractivity contribution in [2.75, 3.05) is 4.90 Å². The SMILES string of the molecule is C1=Cc2ccccc2N([C@@H]2CCC[C@H]3OSO[C@@H]23)c2ccccc21. The molecule has 2 fully saturated rings. The fraction of sp³-hybridized carbons (Fsp3) is 0.300. The first-order valence-corrected chi connectivity index (χ1v) is 9.23. The molecule has 1 aliphatic carbocycles. The van der Waals surface area contributed by atoms with E-state index in [1.807, 2.05) is 0 Å². The molecule has 0 radical (unpaired) electrons. The maximum Gasteiger partial charge on any atom is 0.159 e. The Hall–Kier alpha value is -1.75. The molecular weight excluding hydrogens is 318 g/mol. The van der Waals surface area contributed by atoms with Crippen LogP contribution in [0, 0.1) is 0 Å². The predicted molar refractivity (Wildman–Crippen MR) is 98.9 cm³/mol. The summed E-state index contributed by atoms with van der Waals surface area (Å²) >= 11 is 1.17. The van der Waals surface area contributed by atoms with Gasteiger partial charge in [-0.3, -0.25) is 8.37 Å². The van der Waals surface area contributed by atoms with E-state index in [0.717, 1.165) is 12.8 Å². The second-order valence-corrected chi connectivity index (χ2v) is 7.10. The summed E-state index contributed by atoms with van der Waals surface area (Å²) < 4.78 is 11.7. The standard InChI is InChI=1S/C20H19NO2S/c1-3-8-16-14(6-1)12-13-15-7-2-4-9-17(15)21(16)18-10-5-11-19-20(18)23-24-22-19/h1-4,6-9,12-13,18-20H,5,10-11H2/t18-,19-,20+/m1/s1. The highest BCUT2D eigenvalue weighted by Crippen LogP contribution is 2.45. The van der Waals surface area contributed by atoms with Crippen LogP contribution in [0.1, 0.15) is 30.4 Å². The van der Waals surface area contributed by atoms with Crippen molar-refractivity contribution in [1.29, 1.82) is 0 Å². The van der Waals surface area contributed by atoms with Gasteiger partial charge in [-0.2, -0.15) is 0 Å². The molecule has 0 spiro atoms. The summed E-state index contributed by atoms with van der Waals surface area (Å²) in [6.45, 7) is 0. The average molecular weight is 337 g/mol. The molecule has 3 nitrogen and oxygen atoms in total. The van der Waals surface area contributed by atoms with E-state index in [2.05, 4.69) is 65.6 Å². The first-order valence-electron chi connectivity index (χ1n) is 8.56. The third-order valence-corrected chi connectivity index (χ3v) is 5.84. The van der Waals surface area contributed by atoms with E-state index in [9.17, 15) is 0 Å². The number of nitrogens with zero attached hydrogens (tertiary/aromatic N) is 1. The van der Waals surface area contributed by atoms with Gasteiger partial charge in [0.05, 0.1) is 6.04 Å². The zero-order chi connectivity index (χ0) is 15.9. The number of rotatable bonds is 1. The van der Waals surface area contributed by atoms with Crippen LogP contribution >= 0.6 is 12.3 Å². The molecule has 2 aliphatic heterocycles. The van der Waals surface area contributed by atoms with Gasteiger partial charge in [0, 0.05) is 11.4 Å². The molecule has 0 N–H and O–H groups in total. The van der Waals surface area contributed by atoms with Gasteiger partial charge < -0.3 is 4.90 Å². The van der Waals surface area contributed by atoms with E-state index in [-0.39, 0.29) is 12.2 Å². The molecule has 5 rings (SSSR count). The predicted octanol–water partition coefficient (Wildman–Crippen LogP) is 5.21. The number of hydrogen-bond acceptors (Lipinski definition) is 4. The van der Waals surface area contributed by atoms with Gasteiger partial charge in [-0.15, -0.1) is 0 Å². The average Bonchev–Trinajstić information content (AvgIpc) is 3.05. The molecule has 2 aromatic carbocycles. The minimum Gasteiger partial charge on any atom is -0.335 e. The maximum absolute atomic E-state index is 5.93. The smallest absolute Gasteiger partial charge is 0.159 e. The number of fused-ring (bicyclic) bond motifs is 3. The Bertz CT molecular complexity index is 741. The minimum atomic E-state index is 0.114. The molecule has 0 bridgehead atoms. The lowest BCUT2D eigenvalue weighted by Gasteiger charge is -2.41. The summed E-state index contributed by atoms with van der Waals surface area (Å²) in [7, 11) is 0. The molecule has 4 heteroatoms. The summed E-state index contributed by atoms with van der Waals surface area (Å²) in [4.78, 5) is 2.48. The molecule has 0 amide bonds. The Morgan fingerprint density at radius 3 is 2.21 bits per heavy atom. The van der Waals surface area contributed by atoms with E-state index in [1.54, 1.807) is 0 Å². The lowest BCUT2D eigenvalue weighted by molar-refractivity contribution is 0.0920. The molecule has 1 saturated carbocycles. The zero-order valence-electron chi connectivity index (χ0n) is 13.3. The van der Waals surface area contributed by atoms with E-state index < -0.39 is 0 Å². The Labute approximate surface area is 146 Å². The Kier molecular flexibility index (Phi) is 3.62. The minimum absolute atomic E-state index is 0.114. The molecule has 122 valence electrons. The summed E-state index contributed by atoms with van der Waals surface area (Å²) in [5.74, 6) is 0. The van der Waals surface area contributed by atoms with Crippen LogP contribution in [0.5, 0.6) is 0 Å². The van der Waals surface area contributed by atoms with Crippen molar-refractivity contribution in [3.63, 3.8) is 0 Å². The summed E-state index contributed by atoms with van der Waals surface area (Å²) in [6, 6.07) is 17.5. The molecule has 2 aromatic rings. The van der Waals surface area contributed by atoms with Crippen molar-refractivity contribution in [1.82, 2.24) is 0 Å². The monoisotopic (exact) mass is 337 g/mol. The first-order chi connectivity index (χ1) is 11.9. The Balaban J connectivity index is 1.67. The molecule has 2 heterocycles. The van der Waals surface area contributed by atoms with Gasteiger partial charge in [0.25, 0.3) is 0 Å². The van der Waals surface area contributed by atoms with Crippen LogP contribution in [0.15, 0.2) is 48.5 Å². The van der Waals surface area contributed by atoms with Crippen LogP contribution in [0.2, 0.25) is 0 Å². The summed E-state index contributed by atoms with van der Waals surface area (Å²) in [6.07, 6.45) is 8.12. The third kappa shape index (κ3) is 2.29. The highest BCUT2D eigenvalue weighted by Gasteiger charge is 2.44. The van der Waals surface area contributed by atoms with E-state index in [0.29, 0.717) is 6.04 Å². The van der Waals surface area contributed by atoms with Crippen LogP contribution in [0.25, 0.3) is 12.2 Å². The number of para-hydroxylation sites is 2. The Morgan fingerprint density at radius 2 is 1.50 bits per heavy atom. The fourth-order valence-electron chi connectivity index (χ4n) is 4.09. The van der Waals surface area contributed by atoms with Gasteiger partial charge in [-0.1, -0.05) is 48.6 Å². The van der Waals surface area contributed by atoms with Crippen molar-refractivity contribution in [3.05, 3.63) is 59.7 Å². The Morgan fingerprint density at radius 1 is 0.833 bits per heavy atom. The largest absolute Gasteiger partial charge is 0.335 e. The summed E-state index contributed by atoms with van der Waals surface area (Å²) in [5, 5.41) is 0. The van der Waals surface area contributed by atoms with E-state index in [4.69, 9.17) is 8.37 Å². The second-order valence-electron chi connectivity index (χ2n) is 6.58. The summed E-state index contributed by atoms with van der Waals surface area (Å²) in [5.41, 5.74) is 5.01. The van der Waals surface area contributed by atoms with Crippen molar-refractivity contribution < 1.29 is 8.37 Å². The quantitative estimate of drug-likeness (QED) is 0.666. The maximum atomic E-state index is 5.93. The highest BCUT2D eigenvalue weighted by molar-refractivity contribution is 7.90. The van der Waals surface area contributed by atoms with Crippen LogP contribution in [-0.4, -0.2) is 18.2 Å². The van der Waals surface area contributed by atoms with Gasteiger partial charge in [0.1, 0.15) is 12.2 Å². The molecular formula is C20H19NO2S. The third-order valence-electron chi connectivity index (χ3n) is 5.21. The molecule has 0 aromatic heterocycles. The zero-order valence-corrected chi connectivity index (χ0v) is 14.1. The topological polar surface area (TPSA) is 21.7 Å². The van der Waals surface area contributed by atoms with Gasteiger partial charge in [-0.25, -0.2) is 0 Å². The van der Waals surface area contributed by atoms with Crippen molar-refractivity contribution in [3.8, 4) is 0 Å². The highest BCUT2D eigenvalue weighted by atomic mass is 32.2. The van der Waals surface area contributed by atoms with Crippen molar-refractivity contribution >= 4 is 35.9 Å². The number of hydrogen-bond donors (Lipinski definition) is 0. The molecule has 1 saturated heterocycles. The van der Waals surface area contributed by atoms with Crippen LogP contribution in [0.3, 0.4) is 0 Å². The van der Waals surface area contributed by atoms with Gasteiger partial charge >= 0.3 is 0 Å². The molecule has 3 atom stereocenters. The number of benzene rings is 2. The van der Waals surface area contributed by atoms with E-state index in [1.165, 1.54) is 41.2 Å². The van der Waals surface area contributed by atoms with Gasteiger partial charge in [0.15, 0.2) is 12.3 Å². The van der Waals surface area contributed by atoms with Crippen LogP contribution < -0.4 is 4.90 Å². The molecule has 3 aliphatic rings.